The summed E-state index contributed by atoms with van der Waals surface area (Å²) >= 11 is 3.60. The van der Waals surface area contributed by atoms with Crippen LogP contribution in [-0.2, 0) is 6.54 Å². The topological polar surface area (TPSA) is 12.0 Å². The van der Waals surface area contributed by atoms with Crippen molar-refractivity contribution >= 4 is 15.9 Å². The number of halogens is 1. The Morgan fingerprint density at radius 2 is 1.90 bits per heavy atom. The van der Waals surface area contributed by atoms with Crippen LogP contribution in [0.15, 0.2) is 53.0 Å². The van der Waals surface area contributed by atoms with E-state index >= 15 is 0 Å². The summed E-state index contributed by atoms with van der Waals surface area (Å²) in [5.41, 5.74) is 4.21. The molecule has 20 heavy (non-hydrogen) atoms. The van der Waals surface area contributed by atoms with Crippen LogP contribution in [0.25, 0.3) is 0 Å². The molecule has 0 aliphatic heterocycles. The van der Waals surface area contributed by atoms with E-state index in [2.05, 4.69) is 76.7 Å². The fourth-order valence-corrected chi connectivity index (χ4v) is 3.30. The Morgan fingerprint density at radius 1 is 1.10 bits per heavy atom. The van der Waals surface area contributed by atoms with Crippen molar-refractivity contribution in [2.24, 2.45) is 0 Å². The lowest BCUT2D eigenvalue weighted by molar-refractivity contribution is 0.289. The summed E-state index contributed by atoms with van der Waals surface area (Å²) in [6, 6.07) is 18.0. The van der Waals surface area contributed by atoms with Crippen LogP contribution in [0, 0.1) is 6.92 Å². The second-order valence-corrected chi connectivity index (χ2v) is 6.61. The zero-order valence-corrected chi connectivity index (χ0v) is 13.4. The molecule has 0 unspecified atom stereocenters. The van der Waals surface area contributed by atoms with Crippen LogP contribution >= 0.6 is 15.9 Å². The number of rotatable bonds is 4. The van der Waals surface area contributed by atoms with Crippen LogP contribution in [0.5, 0.6) is 0 Å². The van der Waals surface area contributed by atoms with Crippen LogP contribution in [0.3, 0.4) is 0 Å². The van der Waals surface area contributed by atoms with Gasteiger partial charge in [-0.15, -0.1) is 0 Å². The molecule has 0 heterocycles. The predicted molar refractivity (Wildman–Crippen MR) is 87.9 cm³/mol. The van der Waals surface area contributed by atoms with Crippen molar-refractivity contribution in [1.82, 2.24) is 5.32 Å². The highest BCUT2D eigenvalue weighted by Crippen LogP contribution is 2.37. The molecule has 2 heteroatoms. The van der Waals surface area contributed by atoms with E-state index in [9.17, 15) is 0 Å². The van der Waals surface area contributed by atoms with Crippen molar-refractivity contribution < 1.29 is 0 Å². The lowest BCUT2D eigenvalue weighted by atomic mass is 9.75. The highest BCUT2D eigenvalue weighted by Gasteiger charge is 2.29. The van der Waals surface area contributed by atoms with Gasteiger partial charge in [0.2, 0.25) is 0 Å². The molecule has 2 aromatic carbocycles. The number of nitrogens with one attached hydrogen (secondary N) is 1. The summed E-state index contributed by atoms with van der Waals surface area (Å²) in [6.45, 7) is 3.12. The van der Waals surface area contributed by atoms with Gasteiger partial charge in [0.05, 0.1) is 0 Å². The fourth-order valence-electron chi connectivity index (χ4n) is 2.88. The summed E-state index contributed by atoms with van der Waals surface area (Å²) < 4.78 is 1.20. The van der Waals surface area contributed by atoms with Crippen molar-refractivity contribution in [1.29, 1.82) is 0 Å². The largest absolute Gasteiger partial charge is 0.310 e. The van der Waals surface area contributed by atoms with Crippen LogP contribution in [0.4, 0.5) is 0 Å². The second kappa shape index (κ2) is 6.11. The van der Waals surface area contributed by atoms with Crippen LogP contribution in [0.2, 0.25) is 0 Å². The minimum absolute atomic E-state index is 0.660. The van der Waals surface area contributed by atoms with Gasteiger partial charge in [0, 0.05) is 17.1 Å². The Kier molecular flexibility index (Phi) is 4.23. The number of hydrogen-bond acceptors (Lipinski definition) is 1. The van der Waals surface area contributed by atoms with E-state index in [-0.39, 0.29) is 0 Å². The zero-order chi connectivity index (χ0) is 13.9. The maximum Gasteiger partial charge on any atom is 0.0220 e. The molecule has 2 aromatic rings. The second-order valence-electron chi connectivity index (χ2n) is 5.75. The average Bonchev–Trinajstić information content (AvgIpc) is 2.39. The number of aryl methyl sites for hydroxylation is 1. The smallest absolute Gasteiger partial charge is 0.0220 e. The molecular weight excluding hydrogens is 310 g/mol. The highest BCUT2D eigenvalue weighted by molar-refractivity contribution is 9.10. The average molecular weight is 330 g/mol. The minimum Gasteiger partial charge on any atom is -0.310 e. The van der Waals surface area contributed by atoms with Crippen molar-refractivity contribution in [3.8, 4) is 0 Å². The van der Waals surface area contributed by atoms with E-state index in [1.54, 1.807) is 0 Å². The molecular formula is C18H20BrN. The van der Waals surface area contributed by atoms with Gasteiger partial charge in [-0.05, 0) is 42.9 Å². The Balaban J connectivity index is 1.50. The quantitative estimate of drug-likeness (QED) is 0.850. The Hall–Kier alpha value is -1.12. The third-order valence-corrected chi connectivity index (χ3v) is 4.96. The molecule has 0 atom stereocenters. The molecule has 1 fully saturated rings. The van der Waals surface area contributed by atoms with Crippen LogP contribution in [-0.4, -0.2) is 6.04 Å². The van der Waals surface area contributed by atoms with E-state index in [0.29, 0.717) is 6.04 Å². The SMILES string of the molecule is Cc1cccc(C2CC(NCc3ccccc3Br)C2)c1. The van der Waals surface area contributed by atoms with Gasteiger partial charge in [0.25, 0.3) is 0 Å². The molecule has 1 nitrogen and oxygen atoms in total. The first-order valence-electron chi connectivity index (χ1n) is 7.26. The molecule has 1 aliphatic carbocycles. The first-order chi connectivity index (χ1) is 9.72. The molecule has 0 amide bonds. The van der Waals surface area contributed by atoms with E-state index in [1.807, 2.05) is 0 Å². The van der Waals surface area contributed by atoms with Crippen LogP contribution in [0.1, 0.15) is 35.4 Å². The first-order valence-corrected chi connectivity index (χ1v) is 8.05. The first kappa shape index (κ1) is 13.8. The standard InChI is InChI=1S/C18H20BrN/c1-13-5-4-7-14(9-13)16-10-17(11-16)20-12-15-6-2-3-8-18(15)19/h2-9,16-17,20H,10-12H2,1H3. The molecule has 0 spiro atoms. The van der Waals surface area contributed by atoms with Crippen molar-refractivity contribution in [3.05, 3.63) is 69.7 Å². The van der Waals surface area contributed by atoms with Gasteiger partial charge >= 0.3 is 0 Å². The minimum atomic E-state index is 0.660. The monoisotopic (exact) mass is 329 g/mol. The lowest BCUT2D eigenvalue weighted by Crippen LogP contribution is -2.39. The molecule has 0 bridgehead atoms. The van der Waals surface area contributed by atoms with E-state index < -0.39 is 0 Å². The Bertz CT molecular complexity index is 587. The fraction of sp³-hybridized carbons (Fsp3) is 0.333. The third-order valence-electron chi connectivity index (χ3n) is 4.19. The summed E-state index contributed by atoms with van der Waals surface area (Å²) in [5.74, 6) is 0.742. The predicted octanol–water partition coefficient (Wildman–Crippen LogP) is 4.79. The summed E-state index contributed by atoms with van der Waals surface area (Å²) in [7, 11) is 0. The van der Waals surface area contributed by atoms with Crippen molar-refractivity contribution in [3.63, 3.8) is 0 Å². The van der Waals surface area contributed by atoms with Crippen LogP contribution < -0.4 is 5.32 Å². The molecule has 0 saturated heterocycles. The molecule has 0 radical (unpaired) electrons. The number of benzene rings is 2. The molecule has 1 N–H and O–H groups in total. The van der Waals surface area contributed by atoms with E-state index in [1.165, 1.54) is 34.0 Å². The summed E-state index contributed by atoms with van der Waals surface area (Å²) in [4.78, 5) is 0. The summed E-state index contributed by atoms with van der Waals surface area (Å²) in [6.07, 6.45) is 2.52. The summed E-state index contributed by atoms with van der Waals surface area (Å²) in [5, 5.41) is 3.66. The van der Waals surface area contributed by atoms with Gasteiger partial charge in [-0.1, -0.05) is 64.0 Å². The maximum atomic E-state index is 3.66. The normalized spacial score (nSPS) is 21.5. The van der Waals surface area contributed by atoms with Crippen molar-refractivity contribution in [2.45, 2.75) is 38.3 Å². The lowest BCUT2D eigenvalue weighted by Gasteiger charge is -2.36. The number of hydrogen-bond donors (Lipinski definition) is 1. The van der Waals surface area contributed by atoms with E-state index in [4.69, 9.17) is 0 Å². The molecule has 0 aromatic heterocycles. The molecule has 104 valence electrons. The highest BCUT2D eigenvalue weighted by atomic mass is 79.9. The van der Waals surface area contributed by atoms with Gasteiger partial charge in [0.1, 0.15) is 0 Å². The molecule has 1 aliphatic rings. The van der Waals surface area contributed by atoms with Gasteiger partial charge in [-0.2, -0.15) is 0 Å². The van der Waals surface area contributed by atoms with Gasteiger partial charge < -0.3 is 5.32 Å². The Labute approximate surface area is 129 Å². The third kappa shape index (κ3) is 3.13. The van der Waals surface area contributed by atoms with Crippen molar-refractivity contribution in [2.75, 3.05) is 0 Å². The van der Waals surface area contributed by atoms with E-state index in [0.717, 1.165) is 12.5 Å². The Morgan fingerprint density at radius 3 is 2.65 bits per heavy atom. The molecule has 3 rings (SSSR count). The van der Waals surface area contributed by atoms with Gasteiger partial charge in [0.15, 0.2) is 0 Å². The maximum absolute atomic E-state index is 3.66. The van der Waals surface area contributed by atoms with Gasteiger partial charge in [-0.25, -0.2) is 0 Å². The van der Waals surface area contributed by atoms with Gasteiger partial charge in [-0.3, -0.25) is 0 Å². The zero-order valence-electron chi connectivity index (χ0n) is 11.8. The molecule has 1 saturated carbocycles.